The van der Waals surface area contributed by atoms with Crippen molar-refractivity contribution in [2.24, 2.45) is 0 Å². The molecule has 23 heavy (non-hydrogen) atoms. The molecule has 0 spiro atoms. The zero-order chi connectivity index (χ0) is 17.6. The highest BCUT2D eigenvalue weighted by molar-refractivity contribution is 5.35. The van der Waals surface area contributed by atoms with E-state index in [2.05, 4.69) is 5.10 Å². The number of hydrogen-bond donors (Lipinski definition) is 1. The molecule has 1 aromatic rings. The van der Waals surface area contributed by atoms with Crippen molar-refractivity contribution in [2.45, 2.75) is 56.6 Å². The predicted molar refractivity (Wildman–Crippen MR) is 60.7 cm³/mol. The first kappa shape index (κ1) is 18.0. The van der Waals surface area contributed by atoms with Crippen LogP contribution in [0.3, 0.4) is 0 Å². The van der Waals surface area contributed by atoms with E-state index in [9.17, 15) is 40.2 Å². The predicted octanol–water partition coefficient (Wildman–Crippen LogP) is 3.86. The summed E-state index contributed by atoms with van der Waals surface area (Å²) in [6.07, 6.45) is -15.4. The van der Waals surface area contributed by atoms with Crippen LogP contribution < -0.4 is 0 Å². The van der Waals surface area contributed by atoms with E-state index < -0.39 is 67.9 Å². The SMILES string of the molecule is O[C@H]1c2c(C(F)(F)F)nn(CCCC(F)(F)F)c2CCC1(F)F. The molecule has 0 unspecified atom stereocenters. The number of aliphatic hydroxyl groups is 1. The molecule has 0 saturated heterocycles. The molecule has 1 aliphatic carbocycles. The molecule has 1 aliphatic rings. The third-order valence-corrected chi connectivity index (χ3v) is 3.57. The van der Waals surface area contributed by atoms with Gasteiger partial charge < -0.3 is 5.11 Å². The Kier molecular flexibility index (Phi) is 4.37. The molecule has 1 aromatic heterocycles. The Morgan fingerprint density at radius 3 is 2.30 bits per heavy atom. The minimum absolute atomic E-state index is 0.294. The van der Waals surface area contributed by atoms with Gasteiger partial charge in [-0.05, 0) is 12.8 Å². The number of aliphatic hydroxyl groups excluding tert-OH is 1. The summed E-state index contributed by atoms with van der Waals surface area (Å²) in [4.78, 5) is 0. The molecule has 3 nitrogen and oxygen atoms in total. The smallest absolute Gasteiger partial charge is 0.382 e. The number of nitrogens with zero attached hydrogens (tertiary/aromatic N) is 2. The summed E-state index contributed by atoms with van der Waals surface area (Å²) in [6, 6.07) is 0. The molecule has 2 rings (SSSR count). The van der Waals surface area contributed by atoms with Crippen LogP contribution in [0.15, 0.2) is 0 Å². The number of fused-ring (bicyclic) bond motifs is 1. The van der Waals surface area contributed by atoms with E-state index in [-0.39, 0.29) is 5.69 Å². The van der Waals surface area contributed by atoms with E-state index in [4.69, 9.17) is 0 Å². The van der Waals surface area contributed by atoms with E-state index >= 15 is 0 Å². The Hall–Kier alpha value is -1.39. The fraction of sp³-hybridized carbons (Fsp3) is 0.750. The van der Waals surface area contributed by atoms with Crippen molar-refractivity contribution in [3.8, 4) is 0 Å². The summed E-state index contributed by atoms with van der Waals surface area (Å²) >= 11 is 0. The fourth-order valence-electron chi connectivity index (χ4n) is 2.52. The average Bonchev–Trinajstić information content (AvgIpc) is 2.72. The van der Waals surface area contributed by atoms with Gasteiger partial charge in [-0.1, -0.05) is 0 Å². The number of rotatable bonds is 3. The highest BCUT2D eigenvalue weighted by Crippen LogP contribution is 2.46. The molecular formula is C12H12F8N2O. The van der Waals surface area contributed by atoms with Crippen molar-refractivity contribution >= 4 is 0 Å². The van der Waals surface area contributed by atoms with Gasteiger partial charge in [0.15, 0.2) is 5.69 Å². The molecule has 0 saturated carbocycles. The zero-order valence-corrected chi connectivity index (χ0v) is 11.5. The van der Waals surface area contributed by atoms with Gasteiger partial charge in [0.05, 0.1) is 0 Å². The Labute approximate surface area is 124 Å². The molecule has 0 aliphatic heterocycles. The first-order valence-corrected chi connectivity index (χ1v) is 6.62. The largest absolute Gasteiger partial charge is 0.435 e. The monoisotopic (exact) mass is 352 g/mol. The summed E-state index contributed by atoms with van der Waals surface area (Å²) in [5.41, 5.74) is -3.01. The van der Waals surface area contributed by atoms with Crippen LogP contribution >= 0.6 is 0 Å². The number of hydrogen-bond acceptors (Lipinski definition) is 2. The van der Waals surface area contributed by atoms with Gasteiger partial charge in [0.2, 0.25) is 0 Å². The fourth-order valence-corrected chi connectivity index (χ4v) is 2.52. The van der Waals surface area contributed by atoms with Crippen LogP contribution in [0.2, 0.25) is 0 Å². The lowest BCUT2D eigenvalue weighted by molar-refractivity contribution is -0.150. The first-order valence-electron chi connectivity index (χ1n) is 6.62. The topological polar surface area (TPSA) is 38.1 Å². The van der Waals surface area contributed by atoms with Crippen LogP contribution in [0.4, 0.5) is 35.1 Å². The van der Waals surface area contributed by atoms with Crippen LogP contribution in [0.5, 0.6) is 0 Å². The highest BCUT2D eigenvalue weighted by atomic mass is 19.4. The summed E-state index contributed by atoms with van der Waals surface area (Å²) in [5.74, 6) is -3.74. The maximum atomic E-state index is 13.5. The lowest BCUT2D eigenvalue weighted by atomic mass is 9.89. The van der Waals surface area contributed by atoms with Gasteiger partial charge >= 0.3 is 12.4 Å². The second-order valence-electron chi connectivity index (χ2n) is 5.31. The van der Waals surface area contributed by atoms with Crippen LogP contribution in [-0.2, 0) is 19.1 Å². The molecule has 0 bridgehead atoms. The second-order valence-corrected chi connectivity index (χ2v) is 5.31. The van der Waals surface area contributed by atoms with Gasteiger partial charge in [-0.3, -0.25) is 4.68 Å². The van der Waals surface area contributed by atoms with Crippen molar-refractivity contribution in [3.05, 3.63) is 17.0 Å². The van der Waals surface area contributed by atoms with Gasteiger partial charge in [0.25, 0.3) is 5.92 Å². The molecule has 11 heteroatoms. The first-order chi connectivity index (χ1) is 10.3. The van der Waals surface area contributed by atoms with E-state index in [0.29, 0.717) is 4.68 Å². The molecule has 132 valence electrons. The third kappa shape index (κ3) is 3.75. The molecule has 0 fully saturated rings. The van der Waals surface area contributed by atoms with Crippen molar-refractivity contribution in [1.29, 1.82) is 0 Å². The van der Waals surface area contributed by atoms with Gasteiger partial charge in [-0.25, -0.2) is 8.78 Å². The molecular weight excluding hydrogens is 340 g/mol. The van der Waals surface area contributed by atoms with Crippen molar-refractivity contribution < 1.29 is 40.2 Å². The quantitative estimate of drug-likeness (QED) is 0.839. The summed E-state index contributed by atoms with van der Waals surface area (Å²) in [5, 5.41) is 12.6. The highest BCUT2D eigenvalue weighted by Gasteiger charge is 2.51. The van der Waals surface area contributed by atoms with Crippen LogP contribution in [0, 0.1) is 0 Å². The average molecular weight is 352 g/mol. The lowest BCUT2D eigenvalue weighted by Gasteiger charge is -2.28. The molecule has 1 N–H and O–H groups in total. The number of alkyl halides is 8. The molecule has 0 radical (unpaired) electrons. The number of aryl methyl sites for hydroxylation is 1. The van der Waals surface area contributed by atoms with Gasteiger partial charge in [0, 0.05) is 30.6 Å². The zero-order valence-electron chi connectivity index (χ0n) is 11.5. The van der Waals surface area contributed by atoms with Gasteiger partial charge in [0.1, 0.15) is 6.10 Å². The molecule has 0 aromatic carbocycles. The number of halogens is 8. The third-order valence-electron chi connectivity index (χ3n) is 3.57. The van der Waals surface area contributed by atoms with Gasteiger partial charge in [-0.2, -0.15) is 31.4 Å². The Balaban J connectivity index is 2.36. The van der Waals surface area contributed by atoms with Crippen LogP contribution in [0.1, 0.15) is 42.3 Å². The lowest BCUT2D eigenvalue weighted by Crippen LogP contribution is -2.33. The summed E-state index contributed by atoms with van der Waals surface area (Å²) in [7, 11) is 0. The van der Waals surface area contributed by atoms with E-state index in [0.717, 1.165) is 0 Å². The minimum atomic E-state index is -5.09. The van der Waals surface area contributed by atoms with Crippen molar-refractivity contribution in [2.75, 3.05) is 0 Å². The maximum Gasteiger partial charge on any atom is 0.435 e. The Bertz CT molecular complexity index is 575. The Morgan fingerprint density at radius 2 is 1.78 bits per heavy atom. The molecule has 1 heterocycles. The normalized spacial score (nSPS) is 21.3. The van der Waals surface area contributed by atoms with Crippen molar-refractivity contribution in [1.82, 2.24) is 9.78 Å². The summed E-state index contributed by atoms with van der Waals surface area (Å²) < 4.78 is 103. The minimum Gasteiger partial charge on any atom is -0.382 e. The van der Waals surface area contributed by atoms with Gasteiger partial charge in [-0.15, -0.1) is 0 Å². The second kappa shape index (κ2) is 5.60. The van der Waals surface area contributed by atoms with E-state index in [1.165, 1.54) is 0 Å². The van der Waals surface area contributed by atoms with E-state index in [1.54, 1.807) is 0 Å². The van der Waals surface area contributed by atoms with Crippen LogP contribution in [0.25, 0.3) is 0 Å². The molecule has 1 atom stereocenters. The molecule has 0 amide bonds. The van der Waals surface area contributed by atoms with Crippen molar-refractivity contribution in [3.63, 3.8) is 0 Å². The Morgan fingerprint density at radius 1 is 1.17 bits per heavy atom. The summed E-state index contributed by atoms with van der Waals surface area (Å²) in [6.45, 7) is -0.504. The van der Waals surface area contributed by atoms with Crippen LogP contribution in [-0.4, -0.2) is 27.0 Å². The maximum absolute atomic E-state index is 13.5. The standard InChI is InChI=1S/C12H12F8N2O/c13-10(14)4-2-6-7(9(10)23)8(12(18,19)20)21-22(6)5-1-3-11(15,16)17/h9,23H,1-5H2/t9-/m0/s1. The van der Waals surface area contributed by atoms with E-state index in [1.807, 2.05) is 0 Å². The number of aromatic nitrogens is 2.